The van der Waals surface area contributed by atoms with Crippen molar-refractivity contribution in [2.24, 2.45) is 0 Å². The molecule has 0 saturated heterocycles. The van der Waals surface area contributed by atoms with Gasteiger partial charge in [0.2, 0.25) is 0 Å². The summed E-state index contributed by atoms with van der Waals surface area (Å²) in [5.74, 6) is 1.34. The Morgan fingerprint density at radius 2 is 1.48 bits per heavy atom. The highest BCUT2D eigenvalue weighted by atomic mass is 32.2. The van der Waals surface area contributed by atoms with Gasteiger partial charge in [0.05, 0.1) is 24.8 Å². The number of thiazole rings is 1. The van der Waals surface area contributed by atoms with Gasteiger partial charge in [0.25, 0.3) is 10.0 Å². The maximum atomic E-state index is 12.4. The van der Waals surface area contributed by atoms with Crippen LogP contribution in [-0.4, -0.2) is 27.6 Å². The molecule has 1 aromatic heterocycles. The lowest BCUT2D eigenvalue weighted by atomic mass is 10.2. The molecular formula is C17H16N2O4S2. The fourth-order valence-corrected chi connectivity index (χ4v) is 4.12. The van der Waals surface area contributed by atoms with Crippen LogP contribution in [0.5, 0.6) is 11.5 Å². The van der Waals surface area contributed by atoms with E-state index < -0.39 is 10.0 Å². The smallest absolute Gasteiger partial charge is 0.263 e. The molecule has 6 nitrogen and oxygen atoms in total. The van der Waals surface area contributed by atoms with Crippen molar-refractivity contribution in [2.45, 2.75) is 4.90 Å². The molecule has 130 valence electrons. The monoisotopic (exact) mass is 376 g/mol. The summed E-state index contributed by atoms with van der Waals surface area (Å²) in [6.45, 7) is 0. The zero-order valence-electron chi connectivity index (χ0n) is 13.6. The van der Waals surface area contributed by atoms with Crippen molar-refractivity contribution in [3.63, 3.8) is 0 Å². The Hall–Kier alpha value is -2.58. The summed E-state index contributed by atoms with van der Waals surface area (Å²) in [4.78, 5) is 4.49. The highest BCUT2D eigenvalue weighted by molar-refractivity contribution is 7.93. The molecule has 0 aliphatic rings. The van der Waals surface area contributed by atoms with Crippen LogP contribution < -0.4 is 14.2 Å². The van der Waals surface area contributed by atoms with E-state index >= 15 is 0 Å². The second-order valence-corrected chi connectivity index (χ2v) is 7.59. The van der Waals surface area contributed by atoms with Gasteiger partial charge in [-0.2, -0.15) is 0 Å². The number of hydrogen-bond acceptors (Lipinski definition) is 6. The molecule has 0 spiro atoms. The van der Waals surface area contributed by atoms with Crippen molar-refractivity contribution in [2.75, 3.05) is 18.9 Å². The van der Waals surface area contributed by atoms with Crippen molar-refractivity contribution >= 4 is 26.5 Å². The molecule has 3 rings (SSSR count). The molecule has 0 unspecified atom stereocenters. The van der Waals surface area contributed by atoms with Crippen LogP contribution in [0.15, 0.2) is 58.8 Å². The Morgan fingerprint density at radius 3 is 2.04 bits per heavy atom. The number of nitrogens with one attached hydrogen (secondary N) is 1. The van der Waals surface area contributed by atoms with E-state index in [1.807, 2.05) is 24.3 Å². The normalized spacial score (nSPS) is 11.1. The van der Waals surface area contributed by atoms with Crippen LogP contribution in [0.25, 0.3) is 11.3 Å². The quantitative estimate of drug-likeness (QED) is 0.711. The molecule has 1 N–H and O–H groups in total. The summed E-state index contributed by atoms with van der Waals surface area (Å²) in [7, 11) is -0.569. The molecular weight excluding hydrogens is 360 g/mol. The Morgan fingerprint density at radius 1 is 0.920 bits per heavy atom. The molecule has 3 aromatic rings. The Balaban J connectivity index is 1.79. The molecule has 0 fully saturated rings. The molecule has 0 aliphatic heterocycles. The van der Waals surface area contributed by atoms with Crippen molar-refractivity contribution in [1.29, 1.82) is 0 Å². The van der Waals surface area contributed by atoms with Crippen LogP contribution >= 0.6 is 11.3 Å². The van der Waals surface area contributed by atoms with Crippen LogP contribution in [0.4, 0.5) is 5.13 Å². The number of rotatable bonds is 6. The predicted molar refractivity (Wildman–Crippen MR) is 97.9 cm³/mol. The van der Waals surface area contributed by atoms with Gasteiger partial charge >= 0.3 is 0 Å². The van der Waals surface area contributed by atoms with Gasteiger partial charge in [-0.3, -0.25) is 4.72 Å². The number of benzene rings is 2. The van der Waals surface area contributed by atoms with Gasteiger partial charge in [-0.05, 0) is 48.5 Å². The van der Waals surface area contributed by atoms with Crippen molar-refractivity contribution < 1.29 is 17.9 Å². The molecule has 2 aromatic carbocycles. The Bertz CT molecular complexity index is 949. The second kappa shape index (κ2) is 7.12. The van der Waals surface area contributed by atoms with Gasteiger partial charge < -0.3 is 9.47 Å². The number of ether oxygens (including phenoxy) is 2. The third-order valence-electron chi connectivity index (χ3n) is 3.48. The summed E-state index contributed by atoms with van der Waals surface area (Å²) in [6.07, 6.45) is 0. The minimum atomic E-state index is -3.70. The minimum absolute atomic E-state index is 0.148. The Kier molecular flexibility index (Phi) is 4.91. The summed E-state index contributed by atoms with van der Waals surface area (Å²) >= 11 is 1.23. The fourth-order valence-electron chi connectivity index (χ4n) is 2.14. The van der Waals surface area contributed by atoms with Gasteiger partial charge in [-0.1, -0.05) is 0 Å². The first-order valence-corrected chi connectivity index (χ1v) is 9.65. The molecule has 25 heavy (non-hydrogen) atoms. The average Bonchev–Trinajstić information content (AvgIpc) is 3.09. The van der Waals surface area contributed by atoms with Crippen LogP contribution in [0, 0.1) is 0 Å². The van der Waals surface area contributed by atoms with E-state index in [4.69, 9.17) is 9.47 Å². The van der Waals surface area contributed by atoms with E-state index in [2.05, 4.69) is 9.71 Å². The van der Waals surface area contributed by atoms with E-state index in [0.29, 0.717) is 16.6 Å². The zero-order valence-corrected chi connectivity index (χ0v) is 15.2. The number of anilines is 1. The fraction of sp³-hybridized carbons (Fsp3) is 0.118. The van der Waals surface area contributed by atoms with Gasteiger partial charge in [-0.15, -0.1) is 11.3 Å². The summed E-state index contributed by atoms with van der Waals surface area (Å²) in [5, 5.41) is 2.11. The number of hydrogen-bond donors (Lipinski definition) is 1. The largest absolute Gasteiger partial charge is 0.497 e. The number of methoxy groups -OCH3 is 2. The van der Waals surface area contributed by atoms with Crippen LogP contribution in [0.3, 0.4) is 0 Å². The highest BCUT2D eigenvalue weighted by Crippen LogP contribution is 2.28. The third-order valence-corrected chi connectivity index (χ3v) is 5.72. The molecule has 8 heteroatoms. The lowest BCUT2D eigenvalue weighted by Crippen LogP contribution is -2.12. The first kappa shape index (κ1) is 17.2. The molecule has 1 heterocycles. The first-order chi connectivity index (χ1) is 12.0. The molecule has 0 bridgehead atoms. The number of nitrogens with zero attached hydrogens (tertiary/aromatic N) is 1. The van der Waals surface area contributed by atoms with E-state index in [0.717, 1.165) is 11.3 Å². The van der Waals surface area contributed by atoms with Gasteiger partial charge in [0.1, 0.15) is 11.5 Å². The highest BCUT2D eigenvalue weighted by Gasteiger charge is 2.16. The summed E-state index contributed by atoms with van der Waals surface area (Å²) < 4.78 is 37.5. The maximum Gasteiger partial charge on any atom is 0.263 e. The van der Waals surface area contributed by atoms with Gasteiger partial charge in [-0.25, -0.2) is 13.4 Å². The predicted octanol–water partition coefficient (Wildman–Crippen LogP) is 3.63. The molecule has 0 radical (unpaired) electrons. The topological polar surface area (TPSA) is 77.5 Å². The lowest BCUT2D eigenvalue weighted by Gasteiger charge is -2.06. The zero-order chi connectivity index (χ0) is 17.9. The standard InChI is InChI=1S/C17H16N2O4S2/c1-22-13-5-3-12(4-6-13)16-11-24-17(18-16)19-25(20,21)15-9-7-14(23-2)8-10-15/h3-11H,1-2H3,(H,18,19). The van der Waals surface area contributed by atoms with Crippen molar-refractivity contribution in [1.82, 2.24) is 4.98 Å². The van der Waals surface area contributed by atoms with Crippen LogP contribution in [-0.2, 0) is 10.0 Å². The lowest BCUT2D eigenvalue weighted by molar-refractivity contribution is 0.414. The maximum absolute atomic E-state index is 12.4. The van der Waals surface area contributed by atoms with Crippen molar-refractivity contribution in [3.05, 3.63) is 53.9 Å². The number of sulfonamides is 1. The third kappa shape index (κ3) is 3.92. The summed E-state index contributed by atoms with van der Waals surface area (Å²) in [6, 6.07) is 13.6. The van der Waals surface area contributed by atoms with Gasteiger partial charge in [0.15, 0.2) is 5.13 Å². The van der Waals surface area contributed by atoms with Crippen LogP contribution in [0.2, 0.25) is 0 Å². The molecule has 0 saturated carbocycles. The van der Waals surface area contributed by atoms with E-state index in [-0.39, 0.29) is 4.90 Å². The van der Waals surface area contributed by atoms with E-state index in [9.17, 15) is 8.42 Å². The number of aromatic nitrogens is 1. The molecule has 0 atom stereocenters. The second-order valence-electron chi connectivity index (χ2n) is 5.05. The van der Waals surface area contributed by atoms with Gasteiger partial charge in [0, 0.05) is 10.9 Å². The molecule has 0 amide bonds. The Labute approximate surface area is 150 Å². The van der Waals surface area contributed by atoms with Crippen LogP contribution in [0.1, 0.15) is 0 Å². The first-order valence-electron chi connectivity index (χ1n) is 7.28. The van der Waals surface area contributed by atoms with E-state index in [1.54, 1.807) is 24.6 Å². The SMILES string of the molecule is COc1ccc(-c2csc(NS(=O)(=O)c3ccc(OC)cc3)n2)cc1. The van der Waals surface area contributed by atoms with Crippen molar-refractivity contribution in [3.8, 4) is 22.8 Å². The summed E-state index contributed by atoms with van der Waals surface area (Å²) in [5.41, 5.74) is 1.58. The average molecular weight is 376 g/mol. The van der Waals surface area contributed by atoms with E-state index in [1.165, 1.54) is 30.6 Å². The minimum Gasteiger partial charge on any atom is -0.497 e. The molecule has 0 aliphatic carbocycles.